The van der Waals surface area contributed by atoms with Crippen molar-refractivity contribution in [2.75, 3.05) is 11.9 Å². The molecule has 0 aliphatic heterocycles. The predicted molar refractivity (Wildman–Crippen MR) is 82.3 cm³/mol. The fourth-order valence-corrected chi connectivity index (χ4v) is 3.66. The number of nitrogens with zero attached hydrogens (tertiary/aromatic N) is 1. The molecule has 0 unspecified atom stereocenters. The molecule has 1 rings (SSSR count). The van der Waals surface area contributed by atoms with E-state index in [1.54, 1.807) is 12.3 Å². The summed E-state index contributed by atoms with van der Waals surface area (Å²) in [6.07, 6.45) is 5.61. The summed E-state index contributed by atoms with van der Waals surface area (Å²) in [6.45, 7) is 8.58. The third kappa shape index (κ3) is 4.76. The first-order valence-electron chi connectivity index (χ1n) is 7.04. The Kier molecular flexibility index (Phi) is 5.95. The van der Waals surface area contributed by atoms with Crippen LogP contribution in [0.4, 0.5) is 5.69 Å². The molecule has 0 atom stereocenters. The number of pyridine rings is 1. The maximum Gasteiger partial charge on any atom is 0.244 e. The Morgan fingerprint density at radius 2 is 1.95 bits per heavy atom. The molecule has 0 saturated heterocycles. The van der Waals surface area contributed by atoms with Gasteiger partial charge in [0.15, 0.2) is 0 Å². The monoisotopic (exact) mass is 299 g/mol. The van der Waals surface area contributed by atoms with Crippen LogP contribution in [0, 0.1) is 0 Å². The van der Waals surface area contributed by atoms with Crippen LogP contribution >= 0.6 is 0 Å². The molecule has 0 fully saturated rings. The zero-order chi connectivity index (χ0) is 15.2. The first-order chi connectivity index (χ1) is 9.32. The maximum atomic E-state index is 12.5. The molecule has 114 valence electrons. The summed E-state index contributed by atoms with van der Waals surface area (Å²) in [7, 11) is -3.58. The van der Waals surface area contributed by atoms with Crippen molar-refractivity contribution >= 4 is 15.7 Å². The van der Waals surface area contributed by atoms with E-state index < -0.39 is 15.6 Å². The molecule has 0 saturated carbocycles. The number of hydrogen-bond acceptors (Lipinski definition) is 4. The summed E-state index contributed by atoms with van der Waals surface area (Å²) in [5.41, 5.74) is 0.132. The molecular weight excluding hydrogens is 274 g/mol. The number of aromatic nitrogens is 1. The van der Waals surface area contributed by atoms with Crippen molar-refractivity contribution in [3.05, 3.63) is 18.5 Å². The van der Waals surface area contributed by atoms with Gasteiger partial charge >= 0.3 is 0 Å². The van der Waals surface area contributed by atoms with Gasteiger partial charge in [0, 0.05) is 24.5 Å². The fraction of sp³-hybridized carbons (Fsp3) is 0.643. The standard InChI is InChI=1S/C14H25N3O2S/c1-5-8-14(3,4)17-20(18,19)13-11-15-10-7-12(13)16-9-6-2/h7,10-11,17H,5-6,8-9H2,1-4H3,(H,15,16). The zero-order valence-corrected chi connectivity index (χ0v) is 13.5. The second-order valence-corrected chi connectivity index (χ2v) is 7.19. The van der Waals surface area contributed by atoms with Crippen LogP contribution in [0.25, 0.3) is 0 Å². The van der Waals surface area contributed by atoms with Crippen molar-refractivity contribution in [2.24, 2.45) is 0 Å². The average molecular weight is 299 g/mol. The lowest BCUT2D eigenvalue weighted by Crippen LogP contribution is -2.43. The van der Waals surface area contributed by atoms with Crippen molar-refractivity contribution in [3.8, 4) is 0 Å². The first-order valence-corrected chi connectivity index (χ1v) is 8.52. The van der Waals surface area contributed by atoms with Gasteiger partial charge in [-0.15, -0.1) is 0 Å². The van der Waals surface area contributed by atoms with Crippen LogP contribution < -0.4 is 10.0 Å². The molecule has 0 aromatic carbocycles. The molecule has 0 aliphatic rings. The highest BCUT2D eigenvalue weighted by atomic mass is 32.2. The van der Waals surface area contributed by atoms with E-state index in [9.17, 15) is 8.42 Å². The van der Waals surface area contributed by atoms with Crippen LogP contribution in [0.1, 0.15) is 47.0 Å². The summed E-state index contributed by atoms with van der Waals surface area (Å²) in [5, 5.41) is 3.13. The van der Waals surface area contributed by atoms with Crippen molar-refractivity contribution in [1.29, 1.82) is 0 Å². The van der Waals surface area contributed by atoms with Crippen LogP contribution in [0.15, 0.2) is 23.4 Å². The van der Waals surface area contributed by atoms with Crippen LogP contribution in [0.3, 0.4) is 0 Å². The van der Waals surface area contributed by atoms with E-state index in [0.717, 1.165) is 25.8 Å². The first kappa shape index (κ1) is 16.9. The Bertz CT molecular complexity index is 527. The molecule has 1 aromatic rings. The number of nitrogens with one attached hydrogen (secondary N) is 2. The highest BCUT2D eigenvalue weighted by Crippen LogP contribution is 2.22. The summed E-state index contributed by atoms with van der Waals surface area (Å²) in [6, 6.07) is 1.69. The van der Waals surface area contributed by atoms with E-state index in [1.165, 1.54) is 6.20 Å². The number of sulfonamides is 1. The molecule has 0 amide bonds. The molecule has 2 N–H and O–H groups in total. The Hall–Kier alpha value is -1.14. The largest absolute Gasteiger partial charge is 0.384 e. The van der Waals surface area contributed by atoms with Crippen LogP contribution in [-0.4, -0.2) is 25.5 Å². The SMILES string of the molecule is CCCNc1ccncc1S(=O)(=O)NC(C)(C)CCC. The highest BCUT2D eigenvalue weighted by molar-refractivity contribution is 7.89. The highest BCUT2D eigenvalue weighted by Gasteiger charge is 2.27. The van der Waals surface area contributed by atoms with E-state index >= 15 is 0 Å². The Morgan fingerprint density at radius 3 is 2.55 bits per heavy atom. The van der Waals surface area contributed by atoms with Gasteiger partial charge in [0.1, 0.15) is 4.90 Å². The topological polar surface area (TPSA) is 71.1 Å². The fourth-order valence-electron chi connectivity index (χ4n) is 2.09. The second-order valence-electron chi connectivity index (χ2n) is 5.54. The lowest BCUT2D eigenvalue weighted by molar-refractivity contribution is 0.418. The molecular formula is C14H25N3O2S. The van der Waals surface area contributed by atoms with Gasteiger partial charge in [-0.25, -0.2) is 13.1 Å². The minimum atomic E-state index is -3.58. The third-order valence-electron chi connectivity index (χ3n) is 2.93. The molecule has 20 heavy (non-hydrogen) atoms. The van der Waals surface area contributed by atoms with Crippen molar-refractivity contribution in [3.63, 3.8) is 0 Å². The van der Waals surface area contributed by atoms with Gasteiger partial charge < -0.3 is 5.32 Å². The maximum absolute atomic E-state index is 12.5. The summed E-state index contributed by atoms with van der Waals surface area (Å²) in [5.74, 6) is 0. The number of rotatable bonds is 8. The molecule has 5 nitrogen and oxygen atoms in total. The van der Waals surface area contributed by atoms with Crippen LogP contribution in [0.5, 0.6) is 0 Å². The molecule has 1 heterocycles. The van der Waals surface area contributed by atoms with Gasteiger partial charge in [0.25, 0.3) is 0 Å². The van der Waals surface area contributed by atoms with Crippen LogP contribution in [0.2, 0.25) is 0 Å². The van der Waals surface area contributed by atoms with Gasteiger partial charge in [-0.05, 0) is 32.8 Å². The lowest BCUT2D eigenvalue weighted by atomic mass is 10.0. The molecule has 0 spiro atoms. The number of anilines is 1. The van der Waals surface area contributed by atoms with Crippen molar-refractivity contribution in [1.82, 2.24) is 9.71 Å². The second kappa shape index (κ2) is 7.04. The summed E-state index contributed by atoms with van der Waals surface area (Å²) in [4.78, 5) is 4.14. The zero-order valence-electron chi connectivity index (χ0n) is 12.7. The molecule has 1 aromatic heterocycles. The molecule has 6 heteroatoms. The lowest BCUT2D eigenvalue weighted by Gasteiger charge is -2.26. The van der Waals surface area contributed by atoms with Gasteiger partial charge in [-0.2, -0.15) is 0 Å². The van der Waals surface area contributed by atoms with E-state index in [-0.39, 0.29) is 4.90 Å². The Labute approximate surface area is 122 Å². The third-order valence-corrected chi connectivity index (χ3v) is 4.65. The normalized spacial score (nSPS) is 12.4. The number of hydrogen-bond donors (Lipinski definition) is 2. The van der Waals surface area contributed by atoms with Crippen molar-refractivity contribution < 1.29 is 8.42 Å². The molecule has 0 bridgehead atoms. The van der Waals surface area contributed by atoms with E-state index in [4.69, 9.17) is 0 Å². The Balaban J connectivity index is 3.03. The van der Waals surface area contributed by atoms with Gasteiger partial charge in [0.2, 0.25) is 10.0 Å². The molecule has 0 aliphatic carbocycles. The van der Waals surface area contributed by atoms with E-state index in [0.29, 0.717) is 5.69 Å². The molecule has 0 radical (unpaired) electrons. The average Bonchev–Trinajstić information content (AvgIpc) is 2.35. The van der Waals surface area contributed by atoms with Crippen LogP contribution in [-0.2, 0) is 10.0 Å². The van der Waals surface area contributed by atoms with Crippen molar-refractivity contribution in [2.45, 2.75) is 57.4 Å². The van der Waals surface area contributed by atoms with E-state index in [2.05, 4.69) is 15.0 Å². The predicted octanol–water partition coefficient (Wildman–Crippen LogP) is 2.76. The Morgan fingerprint density at radius 1 is 1.25 bits per heavy atom. The van der Waals surface area contributed by atoms with Gasteiger partial charge in [0.05, 0.1) is 5.69 Å². The van der Waals surface area contributed by atoms with E-state index in [1.807, 2.05) is 27.7 Å². The smallest absolute Gasteiger partial charge is 0.244 e. The quantitative estimate of drug-likeness (QED) is 0.774. The summed E-state index contributed by atoms with van der Waals surface area (Å²) >= 11 is 0. The van der Waals surface area contributed by atoms with Gasteiger partial charge in [-0.1, -0.05) is 20.3 Å². The van der Waals surface area contributed by atoms with Gasteiger partial charge in [-0.3, -0.25) is 4.98 Å². The minimum absolute atomic E-state index is 0.206. The summed E-state index contributed by atoms with van der Waals surface area (Å²) < 4.78 is 27.8. The minimum Gasteiger partial charge on any atom is -0.384 e.